The van der Waals surface area contributed by atoms with Gasteiger partial charge in [-0.05, 0) is 51.8 Å². The molecule has 0 aliphatic rings. The molecule has 106 valence electrons. The number of methoxy groups -OCH3 is 1. The number of benzene rings is 2. The molecule has 0 saturated heterocycles. The number of rotatable bonds is 4. The summed E-state index contributed by atoms with van der Waals surface area (Å²) in [6.45, 7) is 0.0559. The van der Waals surface area contributed by atoms with E-state index in [1.807, 2.05) is 0 Å². The Morgan fingerprint density at radius 2 is 1.80 bits per heavy atom. The molecule has 0 aromatic heterocycles. The standard InChI is InChI=1S/C14H12BrF2NO2/c1-19-9-2-3-13(10(15)6-9)20-14-11(16)4-8(7-18)5-12(14)17/h2-6H,7,18H2,1H3. The molecule has 0 radical (unpaired) electrons. The maximum atomic E-state index is 13.8. The van der Waals surface area contributed by atoms with E-state index >= 15 is 0 Å². The maximum Gasteiger partial charge on any atom is 0.198 e. The normalized spacial score (nSPS) is 10.4. The van der Waals surface area contributed by atoms with Crippen molar-refractivity contribution >= 4 is 15.9 Å². The summed E-state index contributed by atoms with van der Waals surface area (Å²) in [6, 6.07) is 7.12. The van der Waals surface area contributed by atoms with Gasteiger partial charge in [0.05, 0.1) is 11.6 Å². The van der Waals surface area contributed by atoms with Crippen LogP contribution in [0.5, 0.6) is 17.2 Å². The number of nitrogens with two attached hydrogens (primary N) is 1. The van der Waals surface area contributed by atoms with Crippen molar-refractivity contribution in [1.82, 2.24) is 0 Å². The van der Waals surface area contributed by atoms with Crippen LogP contribution in [0.15, 0.2) is 34.8 Å². The van der Waals surface area contributed by atoms with Crippen LogP contribution in [0.3, 0.4) is 0 Å². The minimum absolute atomic E-state index is 0.0559. The van der Waals surface area contributed by atoms with E-state index in [0.717, 1.165) is 12.1 Å². The van der Waals surface area contributed by atoms with Crippen molar-refractivity contribution in [2.75, 3.05) is 7.11 Å². The summed E-state index contributed by atoms with van der Waals surface area (Å²) >= 11 is 3.25. The lowest BCUT2D eigenvalue weighted by Crippen LogP contribution is -2.00. The van der Waals surface area contributed by atoms with Crippen LogP contribution >= 0.6 is 15.9 Å². The third-order valence-electron chi connectivity index (χ3n) is 2.64. The van der Waals surface area contributed by atoms with Gasteiger partial charge in [-0.2, -0.15) is 0 Å². The van der Waals surface area contributed by atoms with E-state index in [4.69, 9.17) is 15.2 Å². The van der Waals surface area contributed by atoms with Crippen LogP contribution in [0, 0.1) is 11.6 Å². The Hall–Kier alpha value is -1.66. The highest BCUT2D eigenvalue weighted by atomic mass is 79.9. The number of ether oxygens (including phenoxy) is 2. The fraction of sp³-hybridized carbons (Fsp3) is 0.143. The quantitative estimate of drug-likeness (QED) is 0.912. The van der Waals surface area contributed by atoms with Crippen LogP contribution in [-0.2, 0) is 6.54 Å². The molecule has 0 heterocycles. The van der Waals surface area contributed by atoms with Crippen molar-refractivity contribution in [2.24, 2.45) is 5.73 Å². The summed E-state index contributed by atoms with van der Waals surface area (Å²) in [7, 11) is 1.52. The molecular formula is C14H12BrF2NO2. The van der Waals surface area contributed by atoms with Gasteiger partial charge in [0, 0.05) is 6.54 Å². The maximum absolute atomic E-state index is 13.8. The second kappa shape index (κ2) is 6.19. The molecule has 0 unspecified atom stereocenters. The lowest BCUT2D eigenvalue weighted by molar-refractivity contribution is 0.398. The molecule has 2 N–H and O–H groups in total. The van der Waals surface area contributed by atoms with Gasteiger partial charge in [0.1, 0.15) is 11.5 Å². The zero-order valence-corrected chi connectivity index (χ0v) is 12.2. The molecule has 0 aliphatic carbocycles. The summed E-state index contributed by atoms with van der Waals surface area (Å²) in [4.78, 5) is 0. The van der Waals surface area contributed by atoms with Gasteiger partial charge in [-0.25, -0.2) is 8.78 Å². The van der Waals surface area contributed by atoms with Gasteiger partial charge in [-0.15, -0.1) is 0 Å². The van der Waals surface area contributed by atoms with Crippen LogP contribution in [0.4, 0.5) is 8.78 Å². The second-order valence-electron chi connectivity index (χ2n) is 3.99. The SMILES string of the molecule is COc1ccc(Oc2c(F)cc(CN)cc2F)c(Br)c1. The summed E-state index contributed by atoms with van der Waals surface area (Å²) in [6.07, 6.45) is 0. The van der Waals surface area contributed by atoms with E-state index in [9.17, 15) is 8.78 Å². The highest BCUT2D eigenvalue weighted by molar-refractivity contribution is 9.10. The smallest absolute Gasteiger partial charge is 0.198 e. The second-order valence-corrected chi connectivity index (χ2v) is 4.85. The first-order valence-corrected chi connectivity index (χ1v) is 6.54. The highest BCUT2D eigenvalue weighted by Gasteiger charge is 2.15. The average molecular weight is 344 g/mol. The molecule has 6 heteroatoms. The predicted molar refractivity (Wildman–Crippen MR) is 75.0 cm³/mol. The average Bonchev–Trinajstić information content (AvgIpc) is 2.43. The van der Waals surface area contributed by atoms with Crippen molar-refractivity contribution in [3.05, 3.63) is 52.0 Å². The third-order valence-corrected chi connectivity index (χ3v) is 3.26. The van der Waals surface area contributed by atoms with Gasteiger partial charge < -0.3 is 15.2 Å². The molecule has 0 amide bonds. The van der Waals surface area contributed by atoms with E-state index < -0.39 is 17.4 Å². The molecule has 0 bridgehead atoms. The number of hydrogen-bond acceptors (Lipinski definition) is 3. The summed E-state index contributed by atoms with van der Waals surface area (Å²) in [5.74, 6) is -1.18. The fourth-order valence-corrected chi connectivity index (χ4v) is 2.07. The van der Waals surface area contributed by atoms with Crippen LogP contribution in [0.2, 0.25) is 0 Å². The zero-order valence-electron chi connectivity index (χ0n) is 10.6. The Balaban J connectivity index is 2.35. The van der Waals surface area contributed by atoms with Crippen molar-refractivity contribution in [2.45, 2.75) is 6.54 Å². The van der Waals surface area contributed by atoms with Crippen LogP contribution in [0.25, 0.3) is 0 Å². The molecule has 2 rings (SSSR count). The first kappa shape index (κ1) is 14.7. The van der Waals surface area contributed by atoms with Crippen LogP contribution in [-0.4, -0.2) is 7.11 Å². The third kappa shape index (κ3) is 3.08. The van der Waals surface area contributed by atoms with Crippen molar-refractivity contribution in [1.29, 1.82) is 0 Å². The predicted octanol–water partition coefficient (Wildman–Crippen LogP) is 3.99. The van der Waals surface area contributed by atoms with E-state index in [0.29, 0.717) is 15.8 Å². The van der Waals surface area contributed by atoms with Gasteiger partial charge in [-0.1, -0.05) is 0 Å². The minimum Gasteiger partial charge on any atom is -0.497 e. The van der Waals surface area contributed by atoms with Crippen molar-refractivity contribution in [3.8, 4) is 17.2 Å². The summed E-state index contributed by atoms with van der Waals surface area (Å²) in [5, 5.41) is 0. The molecule has 2 aromatic rings. The first-order valence-electron chi connectivity index (χ1n) is 5.74. The molecule has 0 atom stereocenters. The molecular weight excluding hydrogens is 332 g/mol. The van der Waals surface area contributed by atoms with Crippen molar-refractivity contribution < 1.29 is 18.3 Å². The number of halogens is 3. The van der Waals surface area contributed by atoms with Gasteiger partial charge in [-0.3, -0.25) is 0 Å². The van der Waals surface area contributed by atoms with Crippen LogP contribution < -0.4 is 15.2 Å². The van der Waals surface area contributed by atoms with E-state index in [1.54, 1.807) is 18.2 Å². The van der Waals surface area contributed by atoms with E-state index in [1.165, 1.54) is 7.11 Å². The first-order chi connectivity index (χ1) is 9.55. The Morgan fingerprint density at radius 1 is 1.15 bits per heavy atom. The monoisotopic (exact) mass is 343 g/mol. The van der Waals surface area contributed by atoms with Crippen molar-refractivity contribution in [3.63, 3.8) is 0 Å². The summed E-state index contributed by atoms with van der Waals surface area (Å²) < 4.78 is 38.4. The lowest BCUT2D eigenvalue weighted by atomic mass is 10.2. The van der Waals surface area contributed by atoms with E-state index in [-0.39, 0.29) is 12.3 Å². The minimum atomic E-state index is -0.798. The summed E-state index contributed by atoms with van der Waals surface area (Å²) in [5.41, 5.74) is 5.71. The van der Waals surface area contributed by atoms with Gasteiger partial charge in [0.15, 0.2) is 17.4 Å². The molecule has 20 heavy (non-hydrogen) atoms. The zero-order chi connectivity index (χ0) is 14.7. The lowest BCUT2D eigenvalue weighted by Gasteiger charge is -2.11. The molecule has 2 aromatic carbocycles. The number of hydrogen-bond donors (Lipinski definition) is 1. The Labute approximate surface area is 123 Å². The highest BCUT2D eigenvalue weighted by Crippen LogP contribution is 2.35. The molecule has 0 fully saturated rings. The Kier molecular flexibility index (Phi) is 4.57. The van der Waals surface area contributed by atoms with Crippen LogP contribution in [0.1, 0.15) is 5.56 Å². The molecule has 0 aliphatic heterocycles. The van der Waals surface area contributed by atoms with E-state index in [2.05, 4.69) is 15.9 Å². The van der Waals surface area contributed by atoms with Gasteiger partial charge in [0.2, 0.25) is 0 Å². The van der Waals surface area contributed by atoms with Gasteiger partial charge in [0.25, 0.3) is 0 Å². The molecule has 0 spiro atoms. The largest absolute Gasteiger partial charge is 0.497 e. The molecule has 3 nitrogen and oxygen atoms in total. The van der Waals surface area contributed by atoms with Gasteiger partial charge >= 0.3 is 0 Å². The molecule has 0 saturated carbocycles. The Bertz CT molecular complexity index is 612. The fourth-order valence-electron chi connectivity index (χ4n) is 1.63. The topological polar surface area (TPSA) is 44.5 Å². The Morgan fingerprint density at radius 3 is 2.30 bits per heavy atom.